The highest BCUT2D eigenvalue weighted by molar-refractivity contribution is 7.92. The fourth-order valence-electron chi connectivity index (χ4n) is 4.37. The second-order valence-corrected chi connectivity index (χ2v) is 12.4. The molecule has 3 aromatic rings. The van der Waals surface area contributed by atoms with Gasteiger partial charge in [0.15, 0.2) is 0 Å². The van der Waals surface area contributed by atoms with Crippen molar-refractivity contribution in [2.24, 2.45) is 5.92 Å². The van der Waals surface area contributed by atoms with Crippen LogP contribution in [0.2, 0.25) is 0 Å². The molecule has 220 valence electrons. The number of hydrogen-bond acceptors (Lipinski definition) is 5. The number of nitrogens with one attached hydrogen (secondary N) is 1. The van der Waals surface area contributed by atoms with Gasteiger partial charge in [0, 0.05) is 13.1 Å². The Bertz CT molecular complexity index is 1420. The van der Waals surface area contributed by atoms with E-state index in [2.05, 4.69) is 5.32 Å². The van der Waals surface area contributed by atoms with Gasteiger partial charge in [0.1, 0.15) is 18.3 Å². The second-order valence-electron chi connectivity index (χ2n) is 10.5. The van der Waals surface area contributed by atoms with E-state index in [0.717, 1.165) is 16.7 Å². The van der Waals surface area contributed by atoms with E-state index in [-0.39, 0.29) is 23.3 Å². The summed E-state index contributed by atoms with van der Waals surface area (Å²) in [7, 11) is -2.54. The molecule has 0 fully saturated rings. The second kappa shape index (κ2) is 14.2. The highest BCUT2D eigenvalue weighted by Gasteiger charge is 2.33. The largest absolute Gasteiger partial charge is 0.497 e. The van der Waals surface area contributed by atoms with Gasteiger partial charge in [-0.25, -0.2) is 8.42 Å². The maximum absolute atomic E-state index is 14.1. The molecule has 0 unspecified atom stereocenters. The molecule has 0 bridgehead atoms. The van der Waals surface area contributed by atoms with E-state index in [0.29, 0.717) is 24.4 Å². The van der Waals surface area contributed by atoms with Crippen LogP contribution in [0.1, 0.15) is 44.4 Å². The quantitative estimate of drug-likeness (QED) is 0.309. The number of benzene rings is 3. The first-order valence-corrected chi connectivity index (χ1v) is 15.3. The first-order chi connectivity index (χ1) is 19.5. The van der Waals surface area contributed by atoms with Crippen molar-refractivity contribution in [3.63, 3.8) is 0 Å². The van der Waals surface area contributed by atoms with Crippen molar-refractivity contribution in [2.45, 2.75) is 58.5 Å². The maximum atomic E-state index is 14.1. The number of methoxy groups -OCH3 is 1. The van der Waals surface area contributed by atoms with Gasteiger partial charge in [-0.15, -0.1) is 0 Å². The van der Waals surface area contributed by atoms with Crippen molar-refractivity contribution in [3.8, 4) is 5.75 Å². The third-order valence-corrected chi connectivity index (χ3v) is 8.67. The van der Waals surface area contributed by atoms with Crippen LogP contribution in [0.25, 0.3) is 0 Å². The zero-order valence-corrected chi connectivity index (χ0v) is 25.6. The van der Waals surface area contributed by atoms with Crippen LogP contribution in [0.5, 0.6) is 5.75 Å². The summed E-state index contributed by atoms with van der Waals surface area (Å²) < 4.78 is 34.5. The lowest BCUT2D eigenvalue weighted by atomic mass is 10.1. The van der Waals surface area contributed by atoms with E-state index < -0.39 is 28.5 Å². The van der Waals surface area contributed by atoms with Gasteiger partial charge in [-0.3, -0.25) is 13.9 Å². The summed E-state index contributed by atoms with van der Waals surface area (Å²) in [4.78, 5) is 28.7. The Morgan fingerprint density at radius 2 is 1.56 bits per heavy atom. The topological polar surface area (TPSA) is 96.0 Å². The predicted molar refractivity (Wildman–Crippen MR) is 162 cm³/mol. The summed E-state index contributed by atoms with van der Waals surface area (Å²) >= 11 is 0. The van der Waals surface area contributed by atoms with Crippen molar-refractivity contribution in [2.75, 3.05) is 24.5 Å². The third-order valence-electron chi connectivity index (χ3n) is 6.89. The fraction of sp³-hybridized carbons (Fsp3) is 0.375. The zero-order valence-electron chi connectivity index (χ0n) is 24.8. The number of rotatable bonds is 13. The molecule has 8 nitrogen and oxygen atoms in total. The standard InChI is InChI=1S/C32H41N3O5S/c1-7-27-10-8-9-11-30(27)35(41(38,39)29-18-12-24(4)13-19-29)22-31(36)34(25(5)32(37)33-20-23(2)3)21-26-14-16-28(40-6)17-15-26/h8-19,23,25H,7,20-22H2,1-6H3,(H,33,37)/t25-/m0/s1. The number of amides is 2. The molecular weight excluding hydrogens is 538 g/mol. The molecule has 0 aromatic heterocycles. The third kappa shape index (κ3) is 8.10. The molecule has 3 aromatic carbocycles. The predicted octanol–water partition coefficient (Wildman–Crippen LogP) is 4.95. The van der Waals surface area contributed by atoms with Crippen LogP contribution >= 0.6 is 0 Å². The maximum Gasteiger partial charge on any atom is 0.264 e. The number of ether oxygens (including phenoxy) is 1. The molecule has 0 heterocycles. The monoisotopic (exact) mass is 579 g/mol. The lowest BCUT2D eigenvalue weighted by Crippen LogP contribution is -2.51. The lowest BCUT2D eigenvalue weighted by Gasteiger charge is -2.32. The van der Waals surface area contributed by atoms with Crippen molar-refractivity contribution in [3.05, 3.63) is 89.5 Å². The fourth-order valence-corrected chi connectivity index (χ4v) is 5.82. The first-order valence-electron chi connectivity index (χ1n) is 13.8. The minimum absolute atomic E-state index is 0.0891. The molecule has 9 heteroatoms. The summed E-state index contributed by atoms with van der Waals surface area (Å²) in [5, 5.41) is 2.90. The normalized spacial score (nSPS) is 12.1. The summed E-state index contributed by atoms with van der Waals surface area (Å²) in [5.74, 6) is 0.107. The number of sulfonamides is 1. The Labute approximate surface area is 244 Å². The summed E-state index contributed by atoms with van der Waals surface area (Å²) in [5.41, 5.74) is 2.93. The molecule has 41 heavy (non-hydrogen) atoms. The zero-order chi connectivity index (χ0) is 30.2. The SMILES string of the molecule is CCc1ccccc1N(CC(=O)N(Cc1ccc(OC)cc1)[C@@H](C)C(=O)NCC(C)C)S(=O)(=O)c1ccc(C)cc1. The van der Waals surface area contributed by atoms with Crippen molar-refractivity contribution >= 4 is 27.5 Å². The van der Waals surface area contributed by atoms with Crippen LogP contribution in [-0.4, -0.2) is 51.4 Å². The van der Waals surface area contributed by atoms with Gasteiger partial charge in [-0.1, -0.05) is 68.8 Å². The number of anilines is 1. The van der Waals surface area contributed by atoms with Crippen LogP contribution in [0.15, 0.2) is 77.7 Å². The van der Waals surface area contributed by atoms with Gasteiger partial charge in [0.25, 0.3) is 10.0 Å². The molecule has 3 rings (SSSR count). The van der Waals surface area contributed by atoms with Crippen LogP contribution in [0.3, 0.4) is 0 Å². The minimum Gasteiger partial charge on any atom is -0.497 e. The van der Waals surface area contributed by atoms with Gasteiger partial charge in [0.05, 0.1) is 17.7 Å². The van der Waals surface area contributed by atoms with E-state index in [9.17, 15) is 18.0 Å². The molecule has 0 saturated heterocycles. The molecule has 2 amide bonds. The van der Waals surface area contributed by atoms with E-state index in [1.807, 2.05) is 52.0 Å². The van der Waals surface area contributed by atoms with E-state index >= 15 is 0 Å². The number of nitrogens with zero attached hydrogens (tertiary/aromatic N) is 2. The average Bonchev–Trinajstić information content (AvgIpc) is 2.97. The van der Waals surface area contributed by atoms with Gasteiger partial charge in [0.2, 0.25) is 11.8 Å². The number of aryl methyl sites for hydroxylation is 2. The van der Waals surface area contributed by atoms with Crippen LogP contribution in [0.4, 0.5) is 5.69 Å². The Hall–Kier alpha value is -3.85. The molecule has 0 aliphatic heterocycles. The van der Waals surface area contributed by atoms with E-state index in [1.54, 1.807) is 62.6 Å². The van der Waals surface area contributed by atoms with Crippen molar-refractivity contribution in [1.29, 1.82) is 0 Å². The van der Waals surface area contributed by atoms with Gasteiger partial charge >= 0.3 is 0 Å². The molecule has 0 spiro atoms. The van der Waals surface area contributed by atoms with Gasteiger partial charge in [-0.05, 0) is 67.6 Å². The minimum atomic E-state index is -4.11. The highest BCUT2D eigenvalue weighted by Crippen LogP contribution is 2.28. The lowest BCUT2D eigenvalue weighted by molar-refractivity contribution is -0.139. The van der Waals surface area contributed by atoms with Gasteiger partial charge in [-0.2, -0.15) is 0 Å². The summed E-state index contributed by atoms with van der Waals surface area (Å²) in [6.07, 6.45) is 0.577. The van der Waals surface area contributed by atoms with Crippen LogP contribution in [0, 0.1) is 12.8 Å². The summed E-state index contributed by atoms with van der Waals surface area (Å²) in [6, 6.07) is 20.1. The van der Waals surface area contributed by atoms with Crippen LogP contribution in [-0.2, 0) is 32.6 Å². The Kier molecular flexibility index (Phi) is 10.9. The molecular formula is C32H41N3O5S. The Morgan fingerprint density at radius 3 is 2.15 bits per heavy atom. The summed E-state index contributed by atoms with van der Waals surface area (Å²) in [6.45, 7) is 9.58. The molecule has 0 aliphatic carbocycles. The highest BCUT2D eigenvalue weighted by atomic mass is 32.2. The van der Waals surface area contributed by atoms with Crippen LogP contribution < -0.4 is 14.4 Å². The molecule has 1 atom stereocenters. The molecule has 0 aliphatic rings. The average molecular weight is 580 g/mol. The number of para-hydroxylation sites is 1. The van der Waals surface area contributed by atoms with Crippen molar-refractivity contribution in [1.82, 2.24) is 10.2 Å². The smallest absolute Gasteiger partial charge is 0.264 e. The number of carbonyl (C=O) groups excluding carboxylic acids is 2. The molecule has 0 radical (unpaired) electrons. The Morgan fingerprint density at radius 1 is 0.927 bits per heavy atom. The molecule has 0 saturated carbocycles. The first kappa shape index (κ1) is 31.7. The van der Waals surface area contributed by atoms with E-state index in [1.165, 1.54) is 9.21 Å². The van der Waals surface area contributed by atoms with Crippen molar-refractivity contribution < 1.29 is 22.7 Å². The number of carbonyl (C=O) groups is 2. The molecule has 1 N–H and O–H groups in total. The number of hydrogen-bond donors (Lipinski definition) is 1. The van der Waals surface area contributed by atoms with E-state index in [4.69, 9.17) is 4.74 Å². The Balaban J connectivity index is 2.04. The van der Waals surface area contributed by atoms with Gasteiger partial charge < -0.3 is 15.0 Å².